The molecule has 114 valence electrons. The summed E-state index contributed by atoms with van der Waals surface area (Å²) in [5, 5.41) is 8.97. The van der Waals surface area contributed by atoms with Crippen LogP contribution >= 0.6 is 0 Å². The Morgan fingerprint density at radius 1 is 1.43 bits per heavy atom. The molecule has 2 unspecified atom stereocenters. The third kappa shape index (κ3) is 3.05. The number of nitrogens with zero attached hydrogens (tertiary/aromatic N) is 1. The largest absolute Gasteiger partial charge is 0.487 e. The van der Waals surface area contributed by atoms with Crippen LogP contribution in [0.25, 0.3) is 0 Å². The number of hydrogen-bond acceptors (Lipinski definition) is 3. The number of rotatable bonds is 3. The van der Waals surface area contributed by atoms with Gasteiger partial charge in [0.15, 0.2) is 0 Å². The second kappa shape index (κ2) is 5.34. The number of hydrogen-bond donors (Lipinski definition) is 1. The van der Waals surface area contributed by atoms with Crippen LogP contribution in [0.5, 0.6) is 5.75 Å². The lowest BCUT2D eigenvalue weighted by Crippen LogP contribution is -2.40. The van der Waals surface area contributed by atoms with E-state index in [1.165, 1.54) is 5.56 Å². The highest BCUT2D eigenvalue weighted by Crippen LogP contribution is 2.44. The fraction of sp³-hybridized carbons (Fsp3) is 0.588. The van der Waals surface area contributed by atoms with Gasteiger partial charge in [-0.3, -0.25) is 9.69 Å². The second-order valence-electron chi connectivity index (χ2n) is 6.87. The van der Waals surface area contributed by atoms with E-state index in [2.05, 4.69) is 30.9 Å². The molecule has 1 aromatic rings. The summed E-state index contributed by atoms with van der Waals surface area (Å²) in [6.07, 6.45) is 2.21. The Morgan fingerprint density at radius 2 is 2.19 bits per heavy atom. The predicted octanol–water partition coefficient (Wildman–Crippen LogP) is 3.09. The highest BCUT2D eigenvalue weighted by molar-refractivity contribution is 5.67. The monoisotopic (exact) mass is 289 g/mol. The van der Waals surface area contributed by atoms with Crippen molar-refractivity contribution in [2.75, 3.05) is 13.1 Å². The number of carbonyl (C=O) groups is 1. The van der Waals surface area contributed by atoms with E-state index in [1.54, 1.807) is 0 Å². The predicted molar refractivity (Wildman–Crippen MR) is 80.4 cm³/mol. The number of aliphatic carboxylic acids is 1. The molecule has 0 saturated carbocycles. The van der Waals surface area contributed by atoms with Crippen molar-refractivity contribution < 1.29 is 14.6 Å². The van der Waals surface area contributed by atoms with Crippen LogP contribution in [0.15, 0.2) is 24.3 Å². The van der Waals surface area contributed by atoms with E-state index in [0.29, 0.717) is 6.04 Å². The third-order valence-corrected chi connectivity index (χ3v) is 4.57. The van der Waals surface area contributed by atoms with E-state index in [-0.39, 0.29) is 17.9 Å². The number of ether oxygens (including phenoxy) is 1. The van der Waals surface area contributed by atoms with Crippen molar-refractivity contribution in [3.05, 3.63) is 29.8 Å². The minimum atomic E-state index is -0.686. The molecule has 1 N–H and O–H groups in total. The van der Waals surface area contributed by atoms with Crippen molar-refractivity contribution in [3.8, 4) is 5.75 Å². The smallest absolute Gasteiger partial charge is 0.303 e. The number of benzene rings is 1. The molecule has 0 spiro atoms. The van der Waals surface area contributed by atoms with Gasteiger partial charge in [0.1, 0.15) is 11.4 Å². The van der Waals surface area contributed by atoms with Crippen LogP contribution in [0, 0.1) is 5.92 Å². The van der Waals surface area contributed by atoms with E-state index in [9.17, 15) is 4.79 Å². The molecule has 3 rings (SSSR count). The summed E-state index contributed by atoms with van der Waals surface area (Å²) in [5.41, 5.74) is 1.07. The Bertz CT molecular complexity index is 541. The van der Waals surface area contributed by atoms with Gasteiger partial charge in [-0.1, -0.05) is 18.2 Å². The zero-order chi connectivity index (χ0) is 15.0. The minimum Gasteiger partial charge on any atom is -0.487 e. The van der Waals surface area contributed by atoms with Gasteiger partial charge in [-0.15, -0.1) is 0 Å². The molecule has 21 heavy (non-hydrogen) atoms. The van der Waals surface area contributed by atoms with E-state index < -0.39 is 5.97 Å². The maximum atomic E-state index is 10.9. The molecule has 0 bridgehead atoms. The molecule has 0 aliphatic carbocycles. The van der Waals surface area contributed by atoms with Crippen molar-refractivity contribution in [3.63, 3.8) is 0 Å². The van der Waals surface area contributed by atoms with E-state index in [1.807, 2.05) is 12.1 Å². The fourth-order valence-electron chi connectivity index (χ4n) is 3.65. The standard InChI is InChI=1S/C17H23NO3/c1-17(2)10-14(13-5-3-4-6-15(13)21-17)18-8-7-12(11-18)9-16(19)20/h3-6,12,14H,7-11H2,1-2H3,(H,19,20). The lowest BCUT2D eigenvalue weighted by molar-refractivity contribution is -0.138. The summed E-state index contributed by atoms with van der Waals surface area (Å²) in [7, 11) is 0. The van der Waals surface area contributed by atoms with Gasteiger partial charge in [-0.25, -0.2) is 0 Å². The number of para-hydroxylation sites is 1. The molecule has 4 nitrogen and oxygen atoms in total. The van der Waals surface area contributed by atoms with Gasteiger partial charge < -0.3 is 9.84 Å². The summed E-state index contributed by atoms with van der Waals surface area (Å²) in [5.74, 6) is 0.565. The van der Waals surface area contributed by atoms with Crippen molar-refractivity contribution in [2.24, 2.45) is 5.92 Å². The quantitative estimate of drug-likeness (QED) is 0.929. The molecule has 0 radical (unpaired) electrons. The maximum absolute atomic E-state index is 10.9. The van der Waals surface area contributed by atoms with Crippen molar-refractivity contribution in [1.82, 2.24) is 4.90 Å². The molecule has 0 aromatic heterocycles. The first-order valence-electron chi connectivity index (χ1n) is 7.68. The van der Waals surface area contributed by atoms with Crippen LogP contribution in [-0.2, 0) is 4.79 Å². The first-order chi connectivity index (χ1) is 9.94. The number of fused-ring (bicyclic) bond motifs is 1. The molecule has 0 amide bonds. The van der Waals surface area contributed by atoms with E-state index >= 15 is 0 Å². The lowest BCUT2D eigenvalue weighted by atomic mass is 9.89. The average molecular weight is 289 g/mol. The van der Waals surface area contributed by atoms with Crippen molar-refractivity contribution in [2.45, 2.75) is 44.8 Å². The van der Waals surface area contributed by atoms with Crippen LogP contribution in [0.2, 0.25) is 0 Å². The molecule has 1 fully saturated rings. The zero-order valence-electron chi connectivity index (χ0n) is 12.7. The maximum Gasteiger partial charge on any atom is 0.303 e. The Hall–Kier alpha value is -1.55. The molecule has 2 heterocycles. The molecule has 1 saturated heterocycles. The van der Waals surface area contributed by atoms with E-state index in [4.69, 9.17) is 9.84 Å². The fourth-order valence-corrected chi connectivity index (χ4v) is 3.65. The number of carboxylic acids is 1. The number of likely N-dealkylation sites (tertiary alicyclic amines) is 1. The average Bonchev–Trinajstić information content (AvgIpc) is 2.84. The highest BCUT2D eigenvalue weighted by Gasteiger charge is 2.39. The normalized spacial score (nSPS) is 27.9. The molecule has 2 atom stereocenters. The topological polar surface area (TPSA) is 49.8 Å². The summed E-state index contributed by atoms with van der Waals surface area (Å²) >= 11 is 0. The summed E-state index contributed by atoms with van der Waals surface area (Å²) in [4.78, 5) is 13.3. The van der Waals surface area contributed by atoms with Gasteiger partial charge in [0.05, 0.1) is 0 Å². The summed E-state index contributed by atoms with van der Waals surface area (Å²) in [6.45, 7) is 6.11. The molecule has 2 aliphatic heterocycles. The Kier molecular flexibility index (Phi) is 3.66. The highest BCUT2D eigenvalue weighted by atomic mass is 16.5. The molecule has 2 aliphatic rings. The molecule has 4 heteroatoms. The Labute approximate surface area is 125 Å². The van der Waals surface area contributed by atoms with Gasteiger partial charge in [-0.05, 0) is 38.8 Å². The molecular formula is C17H23NO3. The van der Waals surface area contributed by atoms with Crippen molar-refractivity contribution in [1.29, 1.82) is 0 Å². The van der Waals surface area contributed by atoms with Crippen LogP contribution in [-0.4, -0.2) is 34.7 Å². The van der Waals surface area contributed by atoms with Crippen LogP contribution in [0.1, 0.15) is 44.7 Å². The van der Waals surface area contributed by atoms with Crippen LogP contribution < -0.4 is 4.74 Å². The van der Waals surface area contributed by atoms with Crippen LogP contribution in [0.4, 0.5) is 0 Å². The van der Waals surface area contributed by atoms with Crippen LogP contribution in [0.3, 0.4) is 0 Å². The van der Waals surface area contributed by atoms with Gasteiger partial charge >= 0.3 is 5.97 Å². The zero-order valence-corrected chi connectivity index (χ0v) is 12.7. The summed E-state index contributed by atoms with van der Waals surface area (Å²) < 4.78 is 6.08. The van der Waals surface area contributed by atoms with Gasteiger partial charge in [-0.2, -0.15) is 0 Å². The van der Waals surface area contributed by atoms with Gasteiger partial charge in [0.2, 0.25) is 0 Å². The minimum absolute atomic E-state index is 0.177. The Morgan fingerprint density at radius 3 is 2.95 bits per heavy atom. The Balaban J connectivity index is 1.81. The van der Waals surface area contributed by atoms with E-state index in [0.717, 1.165) is 31.7 Å². The first kappa shape index (κ1) is 14.4. The molecule has 1 aromatic carbocycles. The van der Waals surface area contributed by atoms with Gasteiger partial charge in [0.25, 0.3) is 0 Å². The molecular weight excluding hydrogens is 266 g/mol. The SMILES string of the molecule is CC1(C)CC(N2CCC(CC(=O)O)C2)c2ccccc2O1. The van der Waals surface area contributed by atoms with Crippen molar-refractivity contribution >= 4 is 5.97 Å². The number of carboxylic acid groups (broad SMARTS) is 1. The third-order valence-electron chi connectivity index (χ3n) is 4.57. The second-order valence-corrected chi connectivity index (χ2v) is 6.87. The van der Waals surface area contributed by atoms with Gasteiger partial charge in [0, 0.05) is 31.0 Å². The summed E-state index contributed by atoms with van der Waals surface area (Å²) in [6, 6.07) is 8.57. The first-order valence-corrected chi connectivity index (χ1v) is 7.68. The lowest BCUT2D eigenvalue weighted by Gasteiger charge is -2.41.